The number of aliphatic carboxylic acids is 1. The number of rotatable bonds is 5. The van der Waals surface area contributed by atoms with Crippen molar-refractivity contribution in [1.82, 2.24) is 5.32 Å². The van der Waals surface area contributed by atoms with Gasteiger partial charge in [0.2, 0.25) is 0 Å². The lowest BCUT2D eigenvalue weighted by Crippen LogP contribution is -2.32. The molecule has 1 rings (SSSR count). The van der Waals surface area contributed by atoms with E-state index >= 15 is 0 Å². The summed E-state index contributed by atoms with van der Waals surface area (Å²) >= 11 is 0. The van der Waals surface area contributed by atoms with Crippen LogP contribution in [0, 0.1) is 11.8 Å². The van der Waals surface area contributed by atoms with Crippen LogP contribution >= 0.6 is 0 Å². The van der Waals surface area contributed by atoms with Crippen LogP contribution in [-0.2, 0) is 4.79 Å². The zero-order valence-corrected chi connectivity index (χ0v) is 9.28. The monoisotopic (exact) mass is 215 g/mol. The van der Waals surface area contributed by atoms with Crippen molar-refractivity contribution >= 4 is 5.97 Å². The number of aliphatic hydroxyl groups is 1. The molecule has 0 heterocycles. The first-order valence-electron chi connectivity index (χ1n) is 5.71. The average Bonchev–Trinajstić information content (AvgIpc) is 2.18. The Morgan fingerprint density at radius 1 is 1.40 bits per heavy atom. The minimum atomic E-state index is -0.648. The first-order valence-corrected chi connectivity index (χ1v) is 5.71. The molecule has 88 valence electrons. The van der Waals surface area contributed by atoms with Gasteiger partial charge in [-0.1, -0.05) is 0 Å². The summed E-state index contributed by atoms with van der Waals surface area (Å²) in [4.78, 5) is 10.7. The van der Waals surface area contributed by atoms with Gasteiger partial charge in [0.15, 0.2) is 0 Å². The summed E-state index contributed by atoms with van der Waals surface area (Å²) in [6.45, 7) is 3.28. The maximum Gasteiger partial charge on any atom is 0.306 e. The Bertz CT molecular complexity index is 198. The molecule has 15 heavy (non-hydrogen) atoms. The fourth-order valence-corrected chi connectivity index (χ4v) is 2.11. The maximum absolute atomic E-state index is 10.7. The minimum Gasteiger partial charge on any atom is -0.481 e. The molecule has 1 fully saturated rings. The molecule has 0 radical (unpaired) electrons. The van der Waals surface area contributed by atoms with Crippen molar-refractivity contribution in [3.8, 4) is 0 Å². The Morgan fingerprint density at radius 2 is 2.00 bits per heavy atom. The number of carboxylic acids is 1. The Kier molecular flexibility index (Phi) is 5.05. The Labute approximate surface area is 90.7 Å². The molecular weight excluding hydrogens is 194 g/mol. The largest absolute Gasteiger partial charge is 0.481 e. The van der Waals surface area contributed by atoms with E-state index in [0.29, 0.717) is 12.5 Å². The van der Waals surface area contributed by atoms with Crippen molar-refractivity contribution in [2.45, 2.75) is 38.7 Å². The van der Waals surface area contributed by atoms with Gasteiger partial charge in [-0.05, 0) is 45.1 Å². The summed E-state index contributed by atoms with van der Waals surface area (Å²) < 4.78 is 0. The molecule has 3 N–H and O–H groups in total. The molecular formula is C11H21NO3. The number of hydrogen-bond donors (Lipinski definition) is 3. The Morgan fingerprint density at radius 3 is 2.47 bits per heavy atom. The minimum absolute atomic E-state index is 0.127. The van der Waals surface area contributed by atoms with Crippen LogP contribution in [0.25, 0.3) is 0 Å². The molecule has 1 unspecified atom stereocenters. The third-order valence-electron chi connectivity index (χ3n) is 3.07. The van der Waals surface area contributed by atoms with Gasteiger partial charge < -0.3 is 15.5 Å². The van der Waals surface area contributed by atoms with Crippen molar-refractivity contribution in [1.29, 1.82) is 0 Å². The molecule has 0 amide bonds. The average molecular weight is 215 g/mol. The molecule has 0 aliphatic heterocycles. The SMILES string of the molecule is CC(O)CNCC1CCC(C(=O)O)CC1. The second kappa shape index (κ2) is 6.08. The lowest BCUT2D eigenvalue weighted by atomic mass is 9.82. The first kappa shape index (κ1) is 12.5. The number of aliphatic hydroxyl groups excluding tert-OH is 1. The third kappa shape index (κ3) is 4.62. The van der Waals surface area contributed by atoms with Crippen LogP contribution in [0.2, 0.25) is 0 Å². The number of hydrogen-bond acceptors (Lipinski definition) is 3. The van der Waals surface area contributed by atoms with E-state index in [9.17, 15) is 4.79 Å². The van der Waals surface area contributed by atoms with E-state index in [2.05, 4.69) is 5.32 Å². The molecule has 0 bridgehead atoms. The molecule has 0 aromatic heterocycles. The maximum atomic E-state index is 10.7. The van der Waals surface area contributed by atoms with E-state index < -0.39 is 5.97 Å². The fourth-order valence-electron chi connectivity index (χ4n) is 2.11. The van der Waals surface area contributed by atoms with Crippen molar-refractivity contribution in [2.24, 2.45) is 11.8 Å². The summed E-state index contributed by atoms with van der Waals surface area (Å²) in [5.41, 5.74) is 0. The second-order valence-electron chi connectivity index (χ2n) is 4.56. The number of nitrogens with one attached hydrogen (secondary N) is 1. The smallest absolute Gasteiger partial charge is 0.306 e. The van der Waals surface area contributed by atoms with Crippen LogP contribution in [0.5, 0.6) is 0 Å². The van der Waals surface area contributed by atoms with Crippen molar-refractivity contribution in [3.63, 3.8) is 0 Å². The van der Waals surface area contributed by atoms with Gasteiger partial charge in [0.05, 0.1) is 12.0 Å². The first-order chi connectivity index (χ1) is 7.09. The zero-order valence-electron chi connectivity index (χ0n) is 9.28. The molecule has 0 aromatic carbocycles. The van der Waals surface area contributed by atoms with E-state index in [1.165, 1.54) is 0 Å². The molecule has 1 saturated carbocycles. The van der Waals surface area contributed by atoms with E-state index in [1.54, 1.807) is 6.92 Å². The van der Waals surface area contributed by atoms with E-state index in [1.807, 2.05) is 0 Å². The quantitative estimate of drug-likeness (QED) is 0.636. The Balaban J connectivity index is 2.12. The summed E-state index contributed by atoms with van der Waals surface area (Å²) in [6.07, 6.45) is 3.28. The van der Waals surface area contributed by atoms with E-state index in [-0.39, 0.29) is 12.0 Å². The van der Waals surface area contributed by atoms with Crippen molar-refractivity contribution < 1.29 is 15.0 Å². The van der Waals surface area contributed by atoms with Crippen LogP contribution in [0.15, 0.2) is 0 Å². The second-order valence-corrected chi connectivity index (χ2v) is 4.56. The lowest BCUT2D eigenvalue weighted by molar-refractivity contribution is -0.143. The lowest BCUT2D eigenvalue weighted by Gasteiger charge is -2.26. The van der Waals surface area contributed by atoms with Crippen molar-refractivity contribution in [2.75, 3.05) is 13.1 Å². The van der Waals surface area contributed by atoms with Gasteiger partial charge in [-0.3, -0.25) is 4.79 Å². The Hall–Kier alpha value is -0.610. The van der Waals surface area contributed by atoms with Gasteiger partial charge >= 0.3 is 5.97 Å². The molecule has 0 spiro atoms. The molecule has 1 atom stereocenters. The highest BCUT2D eigenvalue weighted by atomic mass is 16.4. The molecule has 1 aliphatic carbocycles. The fraction of sp³-hybridized carbons (Fsp3) is 0.909. The normalized spacial score (nSPS) is 28.7. The van der Waals surface area contributed by atoms with E-state index in [0.717, 1.165) is 32.2 Å². The summed E-state index contributed by atoms with van der Waals surface area (Å²) in [5, 5.41) is 21.1. The highest BCUT2D eigenvalue weighted by Gasteiger charge is 2.25. The highest BCUT2D eigenvalue weighted by Crippen LogP contribution is 2.28. The summed E-state index contributed by atoms with van der Waals surface area (Å²) in [7, 11) is 0. The number of carbonyl (C=O) groups is 1. The van der Waals surface area contributed by atoms with Crippen LogP contribution < -0.4 is 5.32 Å². The molecule has 1 aliphatic rings. The molecule has 4 heteroatoms. The zero-order chi connectivity index (χ0) is 11.3. The topological polar surface area (TPSA) is 69.6 Å². The van der Waals surface area contributed by atoms with Gasteiger partial charge in [-0.15, -0.1) is 0 Å². The van der Waals surface area contributed by atoms with Gasteiger partial charge in [0, 0.05) is 6.54 Å². The van der Waals surface area contributed by atoms with Gasteiger partial charge in [-0.2, -0.15) is 0 Å². The standard InChI is InChI=1S/C11H21NO3/c1-8(13)6-12-7-9-2-4-10(5-3-9)11(14)15/h8-10,12-13H,2-7H2,1H3,(H,14,15). The summed E-state index contributed by atoms with van der Waals surface area (Å²) in [6, 6.07) is 0. The van der Waals surface area contributed by atoms with Crippen molar-refractivity contribution in [3.05, 3.63) is 0 Å². The third-order valence-corrected chi connectivity index (χ3v) is 3.07. The van der Waals surface area contributed by atoms with Gasteiger partial charge in [0.1, 0.15) is 0 Å². The molecule has 0 aromatic rings. The van der Waals surface area contributed by atoms with Gasteiger partial charge in [-0.25, -0.2) is 0 Å². The van der Waals surface area contributed by atoms with Crippen LogP contribution in [0.1, 0.15) is 32.6 Å². The van der Waals surface area contributed by atoms with Gasteiger partial charge in [0.25, 0.3) is 0 Å². The molecule has 4 nitrogen and oxygen atoms in total. The summed E-state index contributed by atoms with van der Waals surface area (Å²) in [5.74, 6) is -0.192. The highest BCUT2D eigenvalue weighted by molar-refractivity contribution is 5.69. The van der Waals surface area contributed by atoms with Crippen LogP contribution in [0.4, 0.5) is 0 Å². The predicted octanol–water partition coefficient (Wildman–Crippen LogP) is 0.848. The molecule has 0 saturated heterocycles. The predicted molar refractivity (Wildman–Crippen MR) is 57.6 cm³/mol. The van der Waals surface area contributed by atoms with Crippen LogP contribution in [0.3, 0.4) is 0 Å². The number of carboxylic acid groups (broad SMARTS) is 1. The van der Waals surface area contributed by atoms with E-state index in [4.69, 9.17) is 10.2 Å². The van der Waals surface area contributed by atoms with Crippen LogP contribution in [-0.4, -0.2) is 35.4 Å².